The van der Waals surface area contributed by atoms with Gasteiger partial charge in [0.1, 0.15) is 17.3 Å². The molecule has 11 atom stereocenters. The van der Waals surface area contributed by atoms with E-state index in [1.807, 2.05) is 41.5 Å². The molecule has 1 saturated carbocycles. The summed E-state index contributed by atoms with van der Waals surface area (Å²) in [6.07, 6.45) is 7.63. The molecule has 0 aromatic rings. The van der Waals surface area contributed by atoms with Crippen molar-refractivity contribution in [2.45, 2.75) is 162 Å². The van der Waals surface area contributed by atoms with E-state index in [4.69, 9.17) is 14.2 Å². The number of carbonyl (C=O) groups excluding carboxylic acids is 4. The molecule has 1 N–H and O–H groups in total. The maximum Gasteiger partial charge on any atom is 0.313 e. The molecule has 5 rings (SSSR count). The van der Waals surface area contributed by atoms with Crippen LogP contribution in [0.4, 0.5) is 0 Å². The molecule has 49 heavy (non-hydrogen) atoms. The Morgan fingerprint density at radius 1 is 0.918 bits per heavy atom. The van der Waals surface area contributed by atoms with Gasteiger partial charge in [0.25, 0.3) is 0 Å². The predicted octanol–water partition coefficient (Wildman–Crippen LogP) is 7.29. The zero-order valence-electron chi connectivity index (χ0n) is 31.6. The van der Waals surface area contributed by atoms with Crippen molar-refractivity contribution in [3.8, 4) is 0 Å². The van der Waals surface area contributed by atoms with Crippen molar-refractivity contribution >= 4 is 23.3 Å². The van der Waals surface area contributed by atoms with Gasteiger partial charge in [0.2, 0.25) is 0 Å². The number of allylic oxidation sites excluding steroid dienone is 3. The molecule has 0 amide bonds. The third-order valence-corrected chi connectivity index (χ3v) is 13.2. The first-order valence-corrected chi connectivity index (χ1v) is 19.0. The molecule has 2 saturated heterocycles. The van der Waals surface area contributed by atoms with Gasteiger partial charge in [-0.05, 0) is 83.6 Å². The Labute approximate surface area is 294 Å². The highest BCUT2D eigenvalue weighted by Crippen LogP contribution is 2.57. The van der Waals surface area contributed by atoms with Gasteiger partial charge in [-0.25, -0.2) is 0 Å². The molecule has 3 fully saturated rings. The van der Waals surface area contributed by atoms with Crippen LogP contribution in [0.1, 0.15) is 132 Å². The van der Waals surface area contributed by atoms with E-state index in [-0.39, 0.29) is 78.6 Å². The van der Waals surface area contributed by atoms with Crippen LogP contribution >= 0.6 is 0 Å². The van der Waals surface area contributed by atoms with Gasteiger partial charge in [-0.1, -0.05) is 57.8 Å². The van der Waals surface area contributed by atoms with Gasteiger partial charge in [0.15, 0.2) is 0 Å². The Bertz CT molecular complexity index is 1380. The van der Waals surface area contributed by atoms with E-state index < -0.39 is 40.8 Å². The lowest BCUT2D eigenvalue weighted by molar-refractivity contribution is -0.166. The SMILES string of the molecule is COC(=O)[C@]12CC(=O)[C@H](C(C)C)CC(=O)[C@H](C)CCC[C@H](C)CC(=O)[C@H]1CC(C)=C1[C@@H](O)C[C@]3(C)O[C@@H]3CC[C@]3(C)O[C@@H]3CCC(C)=C[C@@H]12. The van der Waals surface area contributed by atoms with Gasteiger partial charge in [0, 0.05) is 49.4 Å². The lowest BCUT2D eigenvalue weighted by atomic mass is 9.53. The summed E-state index contributed by atoms with van der Waals surface area (Å²) in [7, 11) is 1.33. The number of rotatable bonds is 2. The number of Topliss-reactive ketones (excluding diaryl/α,β-unsaturated/α-hetero) is 3. The number of epoxide rings is 2. The Hall–Kier alpha value is -2.16. The largest absolute Gasteiger partial charge is 0.469 e. The highest BCUT2D eigenvalue weighted by atomic mass is 16.6. The first-order chi connectivity index (χ1) is 23.0. The molecule has 8 nitrogen and oxygen atoms in total. The fourth-order valence-electron chi connectivity index (χ4n) is 9.69. The van der Waals surface area contributed by atoms with Gasteiger partial charge in [-0.15, -0.1) is 0 Å². The van der Waals surface area contributed by atoms with Crippen molar-refractivity contribution in [1.82, 2.24) is 0 Å². The lowest BCUT2D eigenvalue weighted by Gasteiger charge is -2.49. The molecular formula is C41H62O8. The van der Waals surface area contributed by atoms with E-state index in [2.05, 4.69) is 19.9 Å². The first kappa shape index (κ1) is 38.1. The number of fused-ring (bicyclic) bond motifs is 5. The maximum atomic E-state index is 14.7. The number of ketones is 3. The molecule has 0 aromatic carbocycles. The van der Waals surface area contributed by atoms with Crippen LogP contribution in [-0.2, 0) is 33.4 Å². The van der Waals surface area contributed by atoms with Crippen molar-refractivity contribution in [3.63, 3.8) is 0 Å². The fraction of sp³-hybridized carbons (Fsp3) is 0.805. The zero-order valence-corrected chi connectivity index (χ0v) is 31.6. The van der Waals surface area contributed by atoms with Crippen LogP contribution < -0.4 is 0 Å². The number of aliphatic hydroxyl groups excluding tert-OH is 1. The molecule has 3 aliphatic carbocycles. The second-order valence-electron chi connectivity index (χ2n) is 17.4. The molecule has 8 heteroatoms. The summed E-state index contributed by atoms with van der Waals surface area (Å²) in [5.74, 6) is -3.16. The molecule has 2 heterocycles. The number of methoxy groups -OCH3 is 1. The molecule has 5 aliphatic rings. The number of hydrogen-bond acceptors (Lipinski definition) is 8. The third kappa shape index (κ3) is 7.72. The van der Waals surface area contributed by atoms with E-state index in [9.17, 15) is 24.3 Å². The summed E-state index contributed by atoms with van der Waals surface area (Å²) < 4.78 is 18.1. The van der Waals surface area contributed by atoms with Crippen molar-refractivity contribution in [3.05, 3.63) is 22.8 Å². The molecule has 0 radical (unpaired) electrons. The molecule has 0 bridgehead atoms. The summed E-state index contributed by atoms with van der Waals surface area (Å²) in [4.78, 5) is 57.5. The molecule has 0 unspecified atom stereocenters. The monoisotopic (exact) mass is 682 g/mol. The third-order valence-electron chi connectivity index (χ3n) is 13.2. The minimum atomic E-state index is -1.57. The van der Waals surface area contributed by atoms with E-state index in [0.717, 1.165) is 56.1 Å². The normalized spacial score (nSPS) is 42.8. The quantitative estimate of drug-likeness (QED) is 0.183. The van der Waals surface area contributed by atoms with Gasteiger partial charge in [-0.2, -0.15) is 0 Å². The van der Waals surface area contributed by atoms with Crippen LogP contribution in [0.25, 0.3) is 0 Å². The zero-order chi connectivity index (χ0) is 36.1. The van der Waals surface area contributed by atoms with Crippen LogP contribution in [0.3, 0.4) is 0 Å². The fourth-order valence-corrected chi connectivity index (χ4v) is 9.69. The molecular weight excluding hydrogens is 620 g/mol. The standard InChI is InChI=1S/C41H62O8/c1-23(2)28-20-31(42)26(5)12-10-11-24(3)18-32(43)29-19-27(6)37-30(41(29,22-33(28)44)38(46)47-9)17-25(4)13-14-35-39(7,48-35)16-15-36-40(8,49-36)21-34(37)45/h17,23-24,26,28-30,34-36,45H,10-16,18-22H2,1-9H3/t24-,26+,28-,29+,30-,34-,35+,36+,39-,40-,41+/m0/s1. The van der Waals surface area contributed by atoms with Gasteiger partial charge in [0.05, 0.1) is 42.0 Å². The van der Waals surface area contributed by atoms with Crippen molar-refractivity contribution in [2.75, 3.05) is 7.11 Å². The van der Waals surface area contributed by atoms with Crippen molar-refractivity contribution in [2.24, 2.45) is 40.9 Å². The van der Waals surface area contributed by atoms with E-state index in [1.54, 1.807) is 0 Å². The summed E-state index contributed by atoms with van der Waals surface area (Å²) in [5, 5.41) is 12.2. The number of carbonyl (C=O) groups is 4. The van der Waals surface area contributed by atoms with Crippen LogP contribution in [0.2, 0.25) is 0 Å². The molecule has 2 aliphatic heterocycles. The van der Waals surface area contributed by atoms with Crippen molar-refractivity contribution < 1.29 is 38.5 Å². The average Bonchev–Trinajstić information content (AvgIpc) is 3.89. The first-order valence-electron chi connectivity index (χ1n) is 19.0. The second-order valence-corrected chi connectivity index (χ2v) is 17.4. The van der Waals surface area contributed by atoms with Gasteiger partial charge < -0.3 is 19.3 Å². The minimum absolute atomic E-state index is 0.0000322. The topological polar surface area (TPSA) is 123 Å². The van der Waals surface area contributed by atoms with Gasteiger partial charge >= 0.3 is 5.97 Å². The summed E-state index contributed by atoms with van der Waals surface area (Å²) >= 11 is 0. The van der Waals surface area contributed by atoms with E-state index in [1.165, 1.54) is 7.11 Å². The second kappa shape index (κ2) is 14.5. The number of esters is 1. The molecule has 0 aromatic heterocycles. The maximum absolute atomic E-state index is 14.7. The number of ether oxygens (including phenoxy) is 3. The van der Waals surface area contributed by atoms with Crippen LogP contribution in [0, 0.1) is 40.9 Å². The van der Waals surface area contributed by atoms with Crippen molar-refractivity contribution in [1.29, 1.82) is 0 Å². The minimum Gasteiger partial charge on any atom is -0.469 e. The van der Waals surface area contributed by atoms with Gasteiger partial charge in [-0.3, -0.25) is 19.2 Å². The summed E-state index contributed by atoms with van der Waals surface area (Å²) in [6, 6.07) is 0. The number of hydrogen-bond donors (Lipinski definition) is 1. The van der Waals surface area contributed by atoms with E-state index in [0.29, 0.717) is 12.0 Å². The van der Waals surface area contributed by atoms with Crippen LogP contribution in [0.5, 0.6) is 0 Å². The highest BCUT2D eigenvalue weighted by Gasteiger charge is 2.62. The van der Waals surface area contributed by atoms with E-state index >= 15 is 0 Å². The number of aliphatic hydroxyl groups is 1. The average molecular weight is 683 g/mol. The Kier molecular flexibility index (Phi) is 11.2. The lowest BCUT2D eigenvalue weighted by Crippen LogP contribution is -2.54. The molecule has 274 valence electrons. The highest BCUT2D eigenvalue weighted by molar-refractivity contribution is 5.97. The summed E-state index contributed by atoms with van der Waals surface area (Å²) in [5.41, 5.74) is 0.309. The Morgan fingerprint density at radius 2 is 1.59 bits per heavy atom. The predicted molar refractivity (Wildman–Crippen MR) is 188 cm³/mol. The van der Waals surface area contributed by atoms with Crippen LogP contribution in [-0.4, -0.2) is 65.0 Å². The Morgan fingerprint density at radius 3 is 2.27 bits per heavy atom. The molecule has 0 spiro atoms. The summed E-state index contributed by atoms with van der Waals surface area (Å²) in [6.45, 7) is 16.1. The van der Waals surface area contributed by atoms with Crippen LogP contribution in [0.15, 0.2) is 22.8 Å². The Balaban J connectivity index is 1.69. The smallest absolute Gasteiger partial charge is 0.313 e.